The smallest absolute Gasteiger partial charge is 0.267 e. The van der Waals surface area contributed by atoms with Crippen LogP contribution in [0.5, 0.6) is 5.75 Å². The predicted octanol–water partition coefficient (Wildman–Crippen LogP) is 1.34. The van der Waals surface area contributed by atoms with Gasteiger partial charge in [-0.1, -0.05) is 0 Å². The van der Waals surface area contributed by atoms with Gasteiger partial charge in [-0.2, -0.15) is 5.26 Å². The summed E-state index contributed by atoms with van der Waals surface area (Å²) in [6.45, 7) is 5.81. The Bertz CT molecular complexity index is 569. The molecule has 2 N–H and O–H groups in total. The van der Waals surface area contributed by atoms with Crippen molar-refractivity contribution >= 4 is 11.6 Å². The highest BCUT2D eigenvalue weighted by Gasteiger charge is 2.13. The van der Waals surface area contributed by atoms with Crippen LogP contribution >= 0.6 is 0 Å². The topological polar surface area (TPSA) is 77.4 Å². The Morgan fingerprint density at radius 3 is 2.68 bits per heavy atom. The fourth-order valence-electron chi connectivity index (χ4n) is 2.13. The molecule has 6 heteroatoms. The van der Waals surface area contributed by atoms with Crippen LogP contribution in [-0.4, -0.2) is 43.6 Å². The van der Waals surface area contributed by atoms with Crippen LogP contribution < -0.4 is 15.4 Å². The van der Waals surface area contributed by atoms with Crippen molar-refractivity contribution in [3.63, 3.8) is 0 Å². The number of ether oxygens (including phenoxy) is 1. The number of anilines is 1. The van der Waals surface area contributed by atoms with Gasteiger partial charge in [-0.15, -0.1) is 0 Å². The molecule has 0 aromatic heterocycles. The van der Waals surface area contributed by atoms with Gasteiger partial charge in [0.1, 0.15) is 17.4 Å². The Morgan fingerprint density at radius 1 is 1.41 bits per heavy atom. The molecule has 1 aromatic rings. The first-order chi connectivity index (χ1) is 10.7. The lowest BCUT2D eigenvalue weighted by Gasteiger charge is -2.26. The highest BCUT2D eigenvalue weighted by molar-refractivity contribution is 6.06. The fourth-order valence-corrected chi connectivity index (χ4v) is 2.13. The summed E-state index contributed by atoms with van der Waals surface area (Å²) in [6.07, 6.45) is 1.63. The quantitative estimate of drug-likeness (QED) is 0.634. The van der Waals surface area contributed by atoms with Crippen molar-refractivity contribution in [3.8, 4) is 11.8 Å². The molecule has 1 aliphatic rings. The van der Waals surface area contributed by atoms with Crippen LogP contribution in [-0.2, 0) is 4.79 Å². The molecule has 0 spiro atoms. The molecule has 1 aliphatic heterocycles. The maximum Gasteiger partial charge on any atom is 0.267 e. The van der Waals surface area contributed by atoms with Crippen LogP contribution in [0.2, 0.25) is 0 Å². The second-order valence-corrected chi connectivity index (χ2v) is 4.85. The number of carbonyl (C=O) groups excluding carboxylic acids is 1. The minimum Gasteiger partial charge on any atom is -0.494 e. The zero-order valence-corrected chi connectivity index (χ0v) is 12.6. The van der Waals surface area contributed by atoms with E-state index >= 15 is 0 Å². The molecular formula is C16H20N4O2. The third kappa shape index (κ3) is 4.50. The van der Waals surface area contributed by atoms with E-state index in [9.17, 15) is 10.1 Å². The van der Waals surface area contributed by atoms with Gasteiger partial charge in [0.05, 0.1) is 6.61 Å². The number of benzene rings is 1. The highest BCUT2D eigenvalue weighted by atomic mass is 16.5. The van der Waals surface area contributed by atoms with Crippen LogP contribution in [0.25, 0.3) is 0 Å². The second-order valence-electron chi connectivity index (χ2n) is 4.85. The largest absolute Gasteiger partial charge is 0.494 e. The molecule has 1 amide bonds. The van der Waals surface area contributed by atoms with Gasteiger partial charge in [-0.3, -0.25) is 4.79 Å². The monoisotopic (exact) mass is 300 g/mol. The van der Waals surface area contributed by atoms with E-state index in [1.165, 1.54) is 0 Å². The molecule has 116 valence electrons. The van der Waals surface area contributed by atoms with Gasteiger partial charge < -0.3 is 20.3 Å². The van der Waals surface area contributed by atoms with Crippen molar-refractivity contribution in [3.05, 3.63) is 36.0 Å². The Morgan fingerprint density at radius 2 is 2.09 bits per heavy atom. The second kappa shape index (κ2) is 8.05. The molecule has 6 nitrogen and oxygen atoms in total. The number of amides is 1. The summed E-state index contributed by atoms with van der Waals surface area (Å²) in [7, 11) is 0. The van der Waals surface area contributed by atoms with Gasteiger partial charge in [-0.05, 0) is 31.2 Å². The van der Waals surface area contributed by atoms with E-state index in [2.05, 4.69) is 10.6 Å². The first kappa shape index (κ1) is 15.9. The predicted molar refractivity (Wildman–Crippen MR) is 84.4 cm³/mol. The minimum atomic E-state index is -0.398. The molecule has 0 bridgehead atoms. The lowest BCUT2D eigenvalue weighted by atomic mass is 10.2. The molecule has 0 saturated carbocycles. The van der Waals surface area contributed by atoms with E-state index in [4.69, 9.17) is 4.74 Å². The average Bonchev–Trinajstić information content (AvgIpc) is 2.55. The molecule has 1 heterocycles. The number of nitriles is 1. The Kier molecular flexibility index (Phi) is 5.81. The lowest BCUT2D eigenvalue weighted by Crippen LogP contribution is -2.41. The SMILES string of the molecule is CCOc1ccc(NC(=O)/C(C#N)=C\N2CCNCC2)cc1. The van der Waals surface area contributed by atoms with Crippen molar-refractivity contribution in [1.82, 2.24) is 10.2 Å². The van der Waals surface area contributed by atoms with Crippen LogP contribution in [0.3, 0.4) is 0 Å². The fraction of sp³-hybridized carbons (Fsp3) is 0.375. The minimum absolute atomic E-state index is 0.107. The first-order valence-corrected chi connectivity index (χ1v) is 7.34. The van der Waals surface area contributed by atoms with Gasteiger partial charge in [0, 0.05) is 38.1 Å². The Balaban J connectivity index is 1.99. The maximum atomic E-state index is 12.2. The molecule has 1 saturated heterocycles. The molecule has 0 unspecified atom stereocenters. The number of nitrogens with one attached hydrogen (secondary N) is 2. The van der Waals surface area contributed by atoms with E-state index < -0.39 is 5.91 Å². The summed E-state index contributed by atoms with van der Waals surface area (Å²) >= 11 is 0. The number of rotatable bonds is 5. The summed E-state index contributed by atoms with van der Waals surface area (Å²) in [4.78, 5) is 14.1. The third-order valence-corrected chi connectivity index (χ3v) is 3.25. The van der Waals surface area contributed by atoms with E-state index in [1.807, 2.05) is 17.9 Å². The van der Waals surface area contributed by atoms with Gasteiger partial charge in [-0.25, -0.2) is 0 Å². The molecule has 0 radical (unpaired) electrons. The standard InChI is InChI=1S/C16H20N4O2/c1-2-22-15-5-3-14(4-6-15)19-16(21)13(11-17)12-20-9-7-18-8-10-20/h3-6,12,18H,2,7-10H2,1H3,(H,19,21)/b13-12-. The van der Waals surface area contributed by atoms with E-state index in [0.29, 0.717) is 12.3 Å². The summed E-state index contributed by atoms with van der Waals surface area (Å²) in [5.41, 5.74) is 0.741. The molecule has 22 heavy (non-hydrogen) atoms. The normalized spacial score (nSPS) is 15.1. The van der Waals surface area contributed by atoms with Gasteiger partial charge in [0.15, 0.2) is 0 Å². The van der Waals surface area contributed by atoms with Crippen molar-refractivity contribution in [2.45, 2.75) is 6.92 Å². The number of carbonyl (C=O) groups is 1. The van der Waals surface area contributed by atoms with Crippen LogP contribution in [0.1, 0.15) is 6.92 Å². The zero-order valence-electron chi connectivity index (χ0n) is 12.6. The summed E-state index contributed by atoms with van der Waals surface area (Å²) in [5.74, 6) is 0.350. The summed E-state index contributed by atoms with van der Waals surface area (Å²) in [5, 5.41) is 15.1. The average molecular weight is 300 g/mol. The Labute approximate surface area is 130 Å². The number of nitrogens with zero attached hydrogens (tertiary/aromatic N) is 2. The molecule has 0 atom stereocenters. The van der Waals surface area contributed by atoms with Gasteiger partial charge >= 0.3 is 0 Å². The van der Waals surface area contributed by atoms with E-state index in [-0.39, 0.29) is 5.57 Å². The molecule has 1 fully saturated rings. The summed E-state index contributed by atoms with van der Waals surface area (Å²) in [6, 6.07) is 9.03. The third-order valence-electron chi connectivity index (χ3n) is 3.25. The highest BCUT2D eigenvalue weighted by Crippen LogP contribution is 2.16. The van der Waals surface area contributed by atoms with Crippen molar-refractivity contribution < 1.29 is 9.53 Å². The maximum absolute atomic E-state index is 12.2. The Hall–Kier alpha value is -2.52. The number of piperazine rings is 1. The van der Waals surface area contributed by atoms with Crippen molar-refractivity contribution in [2.24, 2.45) is 0 Å². The van der Waals surface area contributed by atoms with Crippen molar-refractivity contribution in [1.29, 1.82) is 5.26 Å². The summed E-state index contributed by atoms with van der Waals surface area (Å²) < 4.78 is 5.35. The van der Waals surface area contributed by atoms with E-state index in [0.717, 1.165) is 31.9 Å². The molecule has 0 aliphatic carbocycles. The van der Waals surface area contributed by atoms with Crippen LogP contribution in [0, 0.1) is 11.3 Å². The van der Waals surface area contributed by atoms with Crippen LogP contribution in [0.4, 0.5) is 5.69 Å². The first-order valence-electron chi connectivity index (χ1n) is 7.34. The number of hydrogen-bond acceptors (Lipinski definition) is 5. The van der Waals surface area contributed by atoms with Gasteiger partial charge in [0.25, 0.3) is 5.91 Å². The molecule has 2 rings (SSSR count). The number of hydrogen-bond donors (Lipinski definition) is 2. The molecule has 1 aromatic carbocycles. The molecular weight excluding hydrogens is 280 g/mol. The van der Waals surface area contributed by atoms with Crippen LogP contribution in [0.15, 0.2) is 36.0 Å². The van der Waals surface area contributed by atoms with E-state index in [1.54, 1.807) is 30.5 Å². The van der Waals surface area contributed by atoms with Crippen molar-refractivity contribution in [2.75, 3.05) is 38.1 Å². The zero-order chi connectivity index (χ0) is 15.8. The van der Waals surface area contributed by atoms with Gasteiger partial charge in [0.2, 0.25) is 0 Å². The lowest BCUT2D eigenvalue weighted by molar-refractivity contribution is -0.112.